The van der Waals surface area contributed by atoms with Crippen LogP contribution < -0.4 is 4.90 Å². The van der Waals surface area contributed by atoms with Gasteiger partial charge in [-0.25, -0.2) is 4.98 Å². The fourth-order valence-electron chi connectivity index (χ4n) is 7.23. The van der Waals surface area contributed by atoms with E-state index < -0.39 is 0 Å². The molecule has 0 fully saturated rings. The SMILES string of the molecule is CC1(C)c2cc(N(c3ccc4ccccc4c3)c3cccc4ccccc34)ccc2-c2c(-c3nc4ccccc4o3)cccc21. The number of nitrogens with zero attached hydrogens (tertiary/aromatic N) is 2. The maximum absolute atomic E-state index is 6.30. The molecule has 0 unspecified atom stereocenters. The van der Waals surface area contributed by atoms with Crippen LogP contribution in [0.5, 0.6) is 0 Å². The molecule has 214 valence electrons. The standard InChI is InChI=1S/C42H30N2O/c1-42(2)35-17-10-16-34(41-43-37-18-7-8-20-39(37)45-41)40(35)33-24-23-31(26-36(33)42)44(30-22-21-27-11-3-4-13-29(27)25-30)38-19-9-14-28-12-5-6-15-32(28)38/h3-26H,1-2H3. The average Bonchev–Trinajstić information content (AvgIpc) is 3.61. The van der Waals surface area contributed by atoms with Gasteiger partial charge in [0.15, 0.2) is 5.58 Å². The van der Waals surface area contributed by atoms with E-state index in [4.69, 9.17) is 9.40 Å². The van der Waals surface area contributed by atoms with E-state index in [-0.39, 0.29) is 5.41 Å². The number of hydrogen-bond donors (Lipinski definition) is 0. The molecule has 0 saturated heterocycles. The minimum atomic E-state index is -0.212. The van der Waals surface area contributed by atoms with Gasteiger partial charge in [-0.15, -0.1) is 0 Å². The zero-order chi connectivity index (χ0) is 30.1. The van der Waals surface area contributed by atoms with Gasteiger partial charge in [0.25, 0.3) is 0 Å². The van der Waals surface area contributed by atoms with E-state index in [2.05, 4.69) is 140 Å². The Hall–Kier alpha value is -5.67. The average molecular weight is 579 g/mol. The summed E-state index contributed by atoms with van der Waals surface area (Å²) in [6.07, 6.45) is 0. The molecule has 3 nitrogen and oxygen atoms in total. The summed E-state index contributed by atoms with van der Waals surface area (Å²) in [5.41, 5.74) is 10.9. The van der Waals surface area contributed by atoms with Crippen LogP contribution in [0, 0.1) is 0 Å². The minimum absolute atomic E-state index is 0.212. The van der Waals surface area contributed by atoms with Crippen LogP contribution in [-0.2, 0) is 5.41 Å². The minimum Gasteiger partial charge on any atom is -0.436 e. The van der Waals surface area contributed by atoms with Gasteiger partial charge in [-0.1, -0.05) is 111 Å². The summed E-state index contributed by atoms with van der Waals surface area (Å²) in [5.74, 6) is 0.661. The van der Waals surface area contributed by atoms with E-state index in [1.165, 1.54) is 43.8 Å². The monoisotopic (exact) mass is 578 g/mol. The van der Waals surface area contributed by atoms with Crippen LogP contribution >= 0.6 is 0 Å². The normalized spacial score (nSPS) is 13.3. The number of benzene rings is 7. The Morgan fingerprint density at radius 3 is 2.16 bits per heavy atom. The number of anilines is 3. The highest BCUT2D eigenvalue weighted by Crippen LogP contribution is 2.54. The van der Waals surface area contributed by atoms with Crippen molar-refractivity contribution in [3.05, 3.63) is 157 Å². The molecule has 0 bridgehead atoms. The van der Waals surface area contributed by atoms with Crippen molar-refractivity contribution < 1.29 is 4.42 Å². The maximum Gasteiger partial charge on any atom is 0.227 e. The van der Waals surface area contributed by atoms with Gasteiger partial charge in [0.1, 0.15) is 5.52 Å². The van der Waals surface area contributed by atoms with Crippen LogP contribution in [0.15, 0.2) is 150 Å². The summed E-state index contributed by atoms with van der Waals surface area (Å²) in [5, 5.41) is 4.89. The number of para-hydroxylation sites is 2. The van der Waals surface area contributed by atoms with Crippen molar-refractivity contribution in [2.24, 2.45) is 0 Å². The van der Waals surface area contributed by atoms with E-state index in [1.54, 1.807) is 0 Å². The third-order valence-corrected chi connectivity index (χ3v) is 9.46. The van der Waals surface area contributed by atoms with Crippen molar-refractivity contribution in [2.45, 2.75) is 19.3 Å². The van der Waals surface area contributed by atoms with Crippen LogP contribution in [0.1, 0.15) is 25.0 Å². The van der Waals surface area contributed by atoms with E-state index in [9.17, 15) is 0 Å². The fourth-order valence-corrected chi connectivity index (χ4v) is 7.23. The maximum atomic E-state index is 6.30. The molecule has 1 heterocycles. The highest BCUT2D eigenvalue weighted by atomic mass is 16.3. The quantitative estimate of drug-likeness (QED) is 0.208. The van der Waals surface area contributed by atoms with Gasteiger partial charge < -0.3 is 9.32 Å². The molecule has 0 amide bonds. The predicted molar refractivity (Wildman–Crippen MR) is 187 cm³/mol. The Morgan fingerprint density at radius 1 is 0.556 bits per heavy atom. The lowest BCUT2D eigenvalue weighted by Gasteiger charge is -2.29. The van der Waals surface area contributed by atoms with Gasteiger partial charge in [0.2, 0.25) is 5.89 Å². The number of hydrogen-bond acceptors (Lipinski definition) is 3. The van der Waals surface area contributed by atoms with Crippen molar-refractivity contribution in [1.82, 2.24) is 4.98 Å². The molecule has 0 radical (unpaired) electrons. The van der Waals surface area contributed by atoms with E-state index >= 15 is 0 Å². The summed E-state index contributed by atoms with van der Waals surface area (Å²) in [7, 11) is 0. The summed E-state index contributed by atoms with van der Waals surface area (Å²) in [6.45, 7) is 4.66. The molecule has 0 saturated carbocycles. The van der Waals surface area contributed by atoms with Crippen molar-refractivity contribution in [3.8, 4) is 22.6 Å². The highest BCUT2D eigenvalue weighted by Gasteiger charge is 2.38. The van der Waals surface area contributed by atoms with Crippen LogP contribution in [0.2, 0.25) is 0 Å². The molecule has 1 aromatic heterocycles. The highest BCUT2D eigenvalue weighted by molar-refractivity contribution is 6.01. The molecular formula is C42H30N2O. The van der Waals surface area contributed by atoms with Gasteiger partial charge in [-0.3, -0.25) is 0 Å². The molecule has 7 aromatic carbocycles. The molecular weight excluding hydrogens is 548 g/mol. The summed E-state index contributed by atoms with van der Waals surface area (Å²) in [6, 6.07) is 52.0. The zero-order valence-corrected chi connectivity index (χ0v) is 25.2. The predicted octanol–water partition coefficient (Wildman–Crippen LogP) is 11.6. The molecule has 45 heavy (non-hydrogen) atoms. The smallest absolute Gasteiger partial charge is 0.227 e. The first-order valence-electron chi connectivity index (χ1n) is 15.5. The number of oxazole rings is 1. The molecule has 0 atom stereocenters. The largest absolute Gasteiger partial charge is 0.436 e. The van der Waals surface area contributed by atoms with E-state index in [0.717, 1.165) is 33.7 Å². The first-order valence-corrected chi connectivity index (χ1v) is 15.5. The molecule has 1 aliphatic carbocycles. The lowest BCUT2D eigenvalue weighted by Crippen LogP contribution is -2.16. The van der Waals surface area contributed by atoms with Gasteiger partial charge >= 0.3 is 0 Å². The Kier molecular flexibility index (Phi) is 5.54. The summed E-state index contributed by atoms with van der Waals surface area (Å²) >= 11 is 0. The van der Waals surface area contributed by atoms with Crippen molar-refractivity contribution in [1.29, 1.82) is 0 Å². The van der Waals surface area contributed by atoms with Gasteiger partial charge in [-0.2, -0.15) is 0 Å². The lowest BCUT2D eigenvalue weighted by molar-refractivity contribution is 0.619. The van der Waals surface area contributed by atoms with Gasteiger partial charge in [-0.05, 0) is 86.9 Å². The number of aromatic nitrogens is 1. The molecule has 8 aromatic rings. The second-order valence-corrected chi connectivity index (χ2v) is 12.4. The van der Waals surface area contributed by atoms with Crippen LogP contribution in [0.25, 0.3) is 55.2 Å². The Labute approximate surface area is 262 Å². The Morgan fingerprint density at radius 2 is 1.27 bits per heavy atom. The third kappa shape index (κ3) is 3.94. The second kappa shape index (κ2) is 9.67. The molecule has 0 N–H and O–H groups in total. The second-order valence-electron chi connectivity index (χ2n) is 12.4. The number of rotatable bonds is 4. The molecule has 0 aliphatic heterocycles. The van der Waals surface area contributed by atoms with E-state index in [1.807, 2.05) is 24.3 Å². The lowest BCUT2D eigenvalue weighted by atomic mass is 9.82. The third-order valence-electron chi connectivity index (χ3n) is 9.46. The van der Waals surface area contributed by atoms with Gasteiger partial charge in [0, 0.05) is 27.7 Å². The molecule has 1 aliphatic rings. The van der Waals surface area contributed by atoms with Crippen molar-refractivity contribution in [2.75, 3.05) is 4.90 Å². The topological polar surface area (TPSA) is 29.3 Å². The first kappa shape index (κ1) is 25.8. The van der Waals surface area contributed by atoms with Crippen LogP contribution in [0.3, 0.4) is 0 Å². The first-order chi connectivity index (χ1) is 22.1. The van der Waals surface area contributed by atoms with Crippen molar-refractivity contribution in [3.63, 3.8) is 0 Å². The van der Waals surface area contributed by atoms with Crippen molar-refractivity contribution >= 4 is 49.7 Å². The summed E-state index contributed by atoms with van der Waals surface area (Å²) < 4.78 is 6.30. The Bertz CT molecular complexity index is 2390. The molecule has 9 rings (SSSR count). The molecule has 0 spiro atoms. The van der Waals surface area contributed by atoms with Gasteiger partial charge in [0.05, 0.1) is 5.69 Å². The molecule has 3 heteroatoms. The Balaban J connectivity index is 1.26. The zero-order valence-electron chi connectivity index (χ0n) is 25.2. The van der Waals surface area contributed by atoms with E-state index in [0.29, 0.717) is 5.89 Å². The summed E-state index contributed by atoms with van der Waals surface area (Å²) in [4.78, 5) is 7.30. The number of fused-ring (bicyclic) bond motifs is 6. The van der Waals surface area contributed by atoms with Crippen LogP contribution in [0.4, 0.5) is 17.1 Å². The van der Waals surface area contributed by atoms with Crippen LogP contribution in [-0.4, -0.2) is 4.98 Å². The fraction of sp³-hybridized carbons (Fsp3) is 0.0714.